The standard InChI is InChI=1S/C16H27N3O2S/c1-2-13-22(20,21)18-14-15-9-8-10-17-16(15)19-11-6-4-3-5-7-12-19/h8-10,18H,2-7,11-14H2,1H3. The van der Waals surface area contributed by atoms with Crippen LogP contribution in [0.25, 0.3) is 0 Å². The Balaban J connectivity index is 2.08. The molecule has 1 aliphatic heterocycles. The summed E-state index contributed by atoms with van der Waals surface area (Å²) < 4.78 is 26.4. The van der Waals surface area contributed by atoms with Crippen LogP contribution in [-0.2, 0) is 16.6 Å². The van der Waals surface area contributed by atoms with Crippen molar-refractivity contribution in [1.29, 1.82) is 0 Å². The highest BCUT2D eigenvalue weighted by Crippen LogP contribution is 2.21. The predicted molar refractivity (Wildman–Crippen MR) is 90.5 cm³/mol. The molecule has 0 atom stereocenters. The van der Waals surface area contributed by atoms with Crippen LogP contribution < -0.4 is 9.62 Å². The minimum atomic E-state index is -3.19. The first-order valence-corrected chi connectivity index (χ1v) is 9.94. The number of hydrogen-bond acceptors (Lipinski definition) is 4. The summed E-state index contributed by atoms with van der Waals surface area (Å²) >= 11 is 0. The van der Waals surface area contributed by atoms with Gasteiger partial charge in [-0.15, -0.1) is 0 Å². The van der Waals surface area contributed by atoms with Gasteiger partial charge in [-0.1, -0.05) is 32.3 Å². The van der Waals surface area contributed by atoms with E-state index in [1.165, 1.54) is 32.1 Å². The van der Waals surface area contributed by atoms with Crippen molar-refractivity contribution < 1.29 is 8.42 Å². The molecule has 1 aromatic heterocycles. The van der Waals surface area contributed by atoms with Crippen LogP contribution >= 0.6 is 0 Å². The van der Waals surface area contributed by atoms with Gasteiger partial charge in [-0.05, 0) is 25.3 Å². The van der Waals surface area contributed by atoms with E-state index in [-0.39, 0.29) is 5.75 Å². The molecule has 0 spiro atoms. The molecule has 1 saturated heterocycles. The van der Waals surface area contributed by atoms with Gasteiger partial charge in [0.2, 0.25) is 10.0 Å². The molecule has 0 aliphatic carbocycles. The number of rotatable bonds is 6. The molecule has 1 N–H and O–H groups in total. The molecule has 1 aromatic rings. The third kappa shape index (κ3) is 5.25. The topological polar surface area (TPSA) is 62.3 Å². The molecule has 2 heterocycles. The van der Waals surface area contributed by atoms with Crippen LogP contribution in [0.3, 0.4) is 0 Å². The van der Waals surface area contributed by atoms with Crippen molar-refractivity contribution in [1.82, 2.24) is 9.71 Å². The summed E-state index contributed by atoms with van der Waals surface area (Å²) in [5, 5.41) is 0. The Kier molecular flexibility index (Phi) is 6.64. The number of aromatic nitrogens is 1. The van der Waals surface area contributed by atoms with Crippen LogP contribution in [0, 0.1) is 0 Å². The first kappa shape index (κ1) is 17.2. The second-order valence-electron chi connectivity index (χ2n) is 5.88. The van der Waals surface area contributed by atoms with Gasteiger partial charge in [0.15, 0.2) is 0 Å². The van der Waals surface area contributed by atoms with Crippen LogP contribution in [0.4, 0.5) is 5.82 Å². The Labute approximate surface area is 134 Å². The van der Waals surface area contributed by atoms with E-state index >= 15 is 0 Å². The maximum Gasteiger partial charge on any atom is 0.211 e. The molecule has 22 heavy (non-hydrogen) atoms. The molecule has 124 valence electrons. The van der Waals surface area contributed by atoms with Gasteiger partial charge in [0.05, 0.1) is 5.75 Å². The summed E-state index contributed by atoms with van der Waals surface area (Å²) in [6, 6.07) is 3.84. The van der Waals surface area contributed by atoms with Crippen molar-refractivity contribution in [2.45, 2.75) is 52.0 Å². The van der Waals surface area contributed by atoms with Gasteiger partial charge < -0.3 is 4.90 Å². The molecule has 1 aliphatic rings. The predicted octanol–water partition coefficient (Wildman–Crippen LogP) is 2.68. The Morgan fingerprint density at radius 1 is 1.18 bits per heavy atom. The van der Waals surface area contributed by atoms with Crippen LogP contribution in [0.1, 0.15) is 51.0 Å². The second-order valence-corrected chi connectivity index (χ2v) is 7.81. The number of anilines is 1. The average Bonchev–Trinajstić information content (AvgIpc) is 2.45. The lowest BCUT2D eigenvalue weighted by atomic mass is 10.1. The minimum absolute atomic E-state index is 0.173. The van der Waals surface area contributed by atoms with Crippen molar-refractivity contribution >= 4 is 15.8 Å². The summed E-state index contributed by atoms with van der Waals surface area (Å²) in [4.78, 5) is 6.82. The number of nitrogens with zero attached hydrogens (tertiary/aromatic N) is 2. The van der Waals surface area contributed by atoms with Gasteiger partial charge in [-0.2, -0.15) is 0 Å². The Morgan fingerprint density at radius 3 is 2.55 bits per heavy atom. The van der Waals surface area contributed by atoms with Crippen LogP contribution in [0.2, 0.25) is 0 Å². The summed E-state index contributed by atoms with van der Waals surface area (Å²) in [7, 11) is -3.19. The monoisotopic (exact) mass is 325 g/mol. The van der Waals surface area contributed by atoms with Gasteiger partial charge in [-0.3, -0.25) is 0 Å². The van der Waals surface area contributed by atoms with Crippen LogP contribution in [-0.4, -0.2) is 32.2 Å². The van der Waals surface area contributed by atoms with E-state index < -0.39 is 10.0 Å². The first-order valence-electron chi connectivity index (χ1n) is 8.28. The van der Waals surface area contributed by atoms with E-state index in [0.29, 0.717) is 13.0 Å². The van der Waals surface area contributed by atoms with Gasteiger partial charge >= 0.3 is 0 Å². The highest BCUT2D eigenvalue weighted by atomic mass is 32.2. The van der Waals surface area contributed by atoms with E-state index in [1.807, 2.05) is 19.1 Å². The van der Waals surface area contributed by atoms with E-state index in [4.69, 9.17) is 0 Å². The third-order valence-electron chi connectivity index (χ3n) is 3.98. The minimum Gasteiger partial charge on any atom is -0.356 e. The van der Waals surface area contributed by atoms with Crippen molar-refractivity contribution in [3.05, 3.63) is 23.9 Å². The molecule has 0 amide bonds. The lowest BCUT2D eigenvalue weighted by molar-refractivity contribution is 0.552. The molecular weight excluding hydrogens is 298 g/mol. The summed E-state index contributed by atoms with van der Waals surface area (Å²) in [5.41, 5.74) is 0.961. The van der Waals surface area contributed by atoms with E-state index in [1.54, 1.807) is 6.20 Å². The summed E-state index contributed by atoms with van der Waals surface area (Å²) in [6.45, 7) is 4.20. The van der Waals surface area contributed by atoms with Gasteiger partial charge in [0.1, 0.15) is 5.82 Å². The second kappa shape index (κ2) is 8.48. The molecule has 0 aromatic carbocycles. The highest BCUT2D eigenvalue weighted by molar-refractivity contribution is 7.89. The van der Waals surface area contributed by atoms with Crippen molar-refractivity contribution in [2.75, 3.05) is 23.7 Å². The van der Waals surface area contributed by atoms with Gasteiger partial charge in [0.25, 0.3) is 0 Å². The molecule has 6 heteroatoms. The Morgan fingerprint density at radius 2 is 1.86 bits per heavy atom. The SMILES string of the molecule is CCCS(=O)(=O)NCc1cccnc1N1CCCCCCC1. The molecule has 5 nitrogen and oxygen atoms in total. The van der Waals surface area contributed by atoms with Crippen LogP contribution in [0.5, 0.6) is 0 Å². The summed E-state index contributed by atoms with van der Waals surface area (Å²) in [6.07, 6.45) is 8.62. The van der Waals surface area contributed by atoms with Crippen LogP contribution in [0.15, 0.2) is 18.3 Å². The van der Waals surface area contributed by atoms with E-state index in [9.17, 15) is 8.42 Å². The van der Waals surface area contributed by atoms with Crippen molar-refractivity contribution in [3.63, 3.8) is 0 Å². The fourth-order valence-electron chi connectivity index (χ4n) is 2.84. The van der Waals surface area contributed by atoms with Crippen molar-refractivity contribution in [2.24, 2.45) is 0 Å². The van der Waals surface area contributed by atoms with E-state index in [0.717, 1.165) is 24.5 Å². The molecule has 1 fully saturated rings. The zero-order valence-electron chi connectivity index (χ0n) is 13.4. The lowest BCUT2D eigenvalue weighted by Crippen LogP contribution is -2.31. The maximum absolute atomic E-state index is 11.8. The molecule has 0 radical (unpaired) electrons. The first-order chi connectivity index (χ1) is 10.6. The lowest BCUT2D eigenvalue weighted by Gasteiger charge is -2.27. The maximum atomic E-state index is 11.8. The van der Waals surface area contributed by atoms with E-state index in [2.05, 4.69) is 14.6 Å². The number of pyridine rings is 1. The zero-order chi connectivity index (χ0) is 15.8. The Hall–Kier alpha value is -1.14. The quantitative estimate of drug-likeness (QED) is 0.873. The fraction of sp³-hybridized carbons (Fsp3) is 0.688. The third-order valence-corrected chi connectivity index (χ3v) is 5.51. The van der Waals surface area contributed by atoms with Gasteiger partial charge in [-0.25, -0.2) is 18.1 Å². The van der Waals surface area contributed by atoms with Crippen molar-refractivity contribution in [3.8, 4) is 0 Å². The largest absolute Gasteiger partial charge is 0.356 e. The molecule has 0 saturated carbocycles. The average molecular weight is 325 g/mol. The molecule has 0 unspecified atom stereocenters. The normalized spacial score (nSPS) is 17.0. The molecule has 2 rings (SSSR count). The molecular formula is C16H27N3O2S. The Bertz CT molecular complexity index is 552. The smallest absolute Gasteiger partial charge is 0.211 e. The zero-order valence-corrected chi connectivity index (χ0v) is 14.2. The number of sulfonamides is 1. The summed E-state index contributed by atoms with van der Waals surface area (Å²) in [5.74, 6) is 1.11. The number of nitrogens with one attached hydrogen (secondary N) is 1. The number of hydrogen-bond donors (Lipinski definition) is 1. The molecule has 0 bridgehead atoms. The highest BCUT2D eigenvalue weighted by Gasteiger charge is 2.15. The van der Waals surface area contributed by atoms with Gasteiger partial charge in [0, 0.05) is 31.4 Å². The fourth-order valence-corrected chi connectivity index (χ4v) is 3.90.